The summed E-state index contributed by atoms with van der Waals surface area (Å²) in [6, 6.07) is 15.2. The normalized spacial score (nSPS) is 18.5. The van der Waals surface area contributed by atoms with Crippen molar-refractivity contribution in [1.82, 2.24) is 5.32 Å². The van der Waals surface area contributed by atoms with Crippen molar-refractivity contribution in [2.45, 2.75) is 31.2 Å². The minimum Gasteiger partial charge on any atom is -0.316 e. The fourth-order valence-corrected chi connectivity index (χ4v) is 3.69. The van der Waals surface area contributed by atoms with E-state index >= 15 is 0 Å². The Morgan fingerprint density at radius 3 is 2.71 bits per heavy atom. The average molecular weight is 320 g/mol. The third-order valence-corrected chi connectivity index (χ3v) is 5.21. The second kappa shape index (κ2) is 6.39. The zero-order valence-electron chi connectivity index (χ0n) is 12.1. The Bertz CT molecular complexity index is 639. The molecule has 0 saturated heterocycles. The summed E-state index contributed by atoms with van der Waals surface area (Å²) in [4.78, 5) is 0. The molecule has 2 atom stereocenters. The number of rotatable bonds is 4. The molecule has 0 spiro atoms. The number of aryl methyl sites for hydroxylation is 1. The molecule has 2 unspecified atom stereocenters. The van der Waals surface area contributed by atoms with Crippen LogP contribution >= 0.6 is 23.2 Å². The van der Waals surface area contributed by atoms with Gasteiger partial charge in [0.15, 0.2) is 0 Å². The van der Waals surface area contributed by atoms with Gasteiger partial charge in [0.1, 0.15) is 0 Å². The van der Waals surface area contributed by atoms with E-state index in [9.17, 15) is 0 Å². The highest BCUT2D eigenvalue weighted by Crippen LogP contribution is 2.36. The van der Waals surface area contributed by atoms with Crippen LogP contribution in [0.1, 0.15) is 29.0 Å². The van der Waals surface area contributed by atoms with Crippen LogP contribution in [0.15, 0.2) is 42.5 Å². The Hall–Kier alpha value is -1.02. The zero-order valence-corrected chi connectivity index (χ0v) is 13.6. The number of benzene rings is 2. The van der Waals surface area contributed by atoms with Crippen molar-refractivity contribution in [3.05, 3.63) is 69.2 Å². The molecule has 0 amide bonds. The first-order valence-corrected chi connectivity index (χ1v) is 8.13. The minimum absolute atomic E-state index is 0.422. The van der Waals surface area contributed by atoms with Crippen molar-refractivity contribution in [1.29, 1.82) is 0 Å². The summed E-state index contributed by atoms with van der Waals surface area (Å²) in [5.41, 5.74) is 4.22. The molecule has 1 N–H and O–H groups in total. The Balaban J connectivity index is 1.81. The third kappa shape index (κ3) is 3.11. The third-order valence-electron chi connectivity index (χ3n) is 4.48. The molecule has 3 heteroatoms. The summed E-state index contributed by atoms with van der Waals surface area (Å²) >= 11 is 12.1. The lowest BCUT2D eigenvalue weighted by Gasteiger charge is -2.24. The summed E-state index contributed by atoms with van der Waals surface area (Å²) < 4.78 is 0. The number of halogens is 2. The van der Waals surface area contributed by atoms with E-state index in [0.717, 1.165) is 6.42 Å². The molecule has 0 radical (unpaired) electrons. The van der Waals surface area contributed by atoms with Crippen molar-refractivity contribution in [3.63, 3.8) is 0 Å². The molecule has 2 aromatic carbocycles. The summed E-state index contributed by atoms with van der Waals surface area (Å²) in [6.07, 6.45) is 3.36. The Kier molecular flexibility index (Phi) is 4.54. The molecule has 0 aromatic heterocycles. The molecule has 2 aromatic rings. The van der Waals surface area contributed by atoms with E-state index in [2.05, 4.69) is 35.6 Å². The van der Waals surface area contributed by atoms with Gasteiger partial charge >= 0.3 is 0 Å². The maximum atomic E-state index is 6.13. The maximum absolute atomic E-state index is 6.13. The monoisotopic (exact) mass is 319 g/mol. The van der Waals surface area contributed by atoms with Crippen LogP contribution in [0.3, 0.4) is 0 Å². The van der Waals surface area contributed by atoms with E-state index in [1.807, 2.05) is 19.2 Å². The minimum atomic E-state index is 0.422. The number of hydrogen-bond donors (Lipinski definition) is 1. The first kappa shape index (κ1) is 14.9. The van der Waals surface area contributed by atoms with Crippen LogP contribution in [0.4, 0.5) is 0 Å². The van der Waals surface area contributed by atoms with Gasteiger partial charge in [0, 0.05) is 12.0 Å². The highest BCUT2D eigenvalue weighted by molar-refractivity contribution is 6.42. The highest BCUT2D eigenvalue weighted by atomic mass is 35.5. The van der Waals surface area contributed by atoms with Gasteiger partial charge < -0.3 is 5.32 Å². The predicted molar refractivity (Wildman–Crippen MR) is 90.5 cm³/mol. The lowest BCUT2D eigenvalue weighted by Crippen LogP contribution is -2.33. The lowest BCUT2D eigenvalue weighted by atomic mass is 9.89. The second-order valence-corrected chi connectivity index (χ2v) is 6.51. The maximum Gasteiger partial charge on any atom is 0.0595 e. The number of nitrogens with one attached hydrogen (secondary N) is 1. The molecule has 110 valence electrons. The van der Waals surface area contributed by atoms with Crippen LogP contribution in [0.5, 0.6) is 0 Å². The van der Waals surface area contributed by atoms with Gasteiger partial charge in [-0.2, -0.15) is 0 Å². The van der Waals surface area contributed by atoms with Gasteiger partial charge in [0.25, 0.3) is 0 Å². The van der Waals surface area contributed by atoms with Gasteiger partial charge in [0.05, 0.1) is 10.0 Å². The molecule has 1 nitrogen and oxygen atoms in total. The quantitative estimate of drug-likeness (QED) is 0.849. The summed E-state index contributed by atoms with van der Waals surface area (Å²) in [7, 11) is 2.04. The smallest absolute Gasteiger partial charge is 0.0595 e. The van der Waals surface area contributed by atoms with Crippen molar-refractivity contribution in [2.24, 2.45) is 0 Å². The van der Waals surface area contributed by atoms with Crippen LogP contribution in [0.2, 0.25) is 10.0 Å². The number of hydrogen-bond acceptors (Lipinski definition) is 1. The van der Waals surface area contributed by atoms with Gasteiger partial charge in [-0.25, -0.2) is 0 Å². The van der Waals surface area contributed by atoms with Crippen molar-refractivity contribution < 1.29 is 0 Å². The largest absolute Gasteiger partial charge is 0.316 e. The van der Waals surface area contributed by atoms with Crippen LogP contribution in [-0.2, 0) is 12.8 Å². The summed E-state index contributed by atoms with van der Waals surface area (Å²) in [5, 5.41) is 4.74. The first-order valence-electron chi connectivity index (χ1n) is 7.38. The van der Waals surface area contributed by atoms with E-state index in [1.165, 1.54) is 29.5 Å². The Morgan fingerprint density at radius 2 is 1.95 bits per heavy atom. The first-order chi connectivity index (χ1) is 10.2. The van der Waals surface area contributed by atoms with Crippen molar-refractivity contribution in [3.8, 4) is 0 Å². The molecular weight excluding hydrogens is 301 g/mol. The van der Waals surface area contributed by atoms with Gasteiger partial charge in [-0.15, -0.1) is 0 Å². The molecule has 0 heterocycles. The molecule has 3 rings (SSSR count). The fourth-order valence-electron chi connectivity index (χ4n) is 3.37. The predicted octanol–water partition coefficient (Wildman–Crippen LogP) is 4.85. The number of likely N-dealkylation sites (N-methyl/N-ethyl adjacent to an activating group) is 1. The standard InChI is InChI=1S/C18H19Cl2N/c1-21-18(11-12-6-9-16(19)17(20)10-12)15-8-7-13-4-2-3-5-14(13)15/h2-6,9-10,15,18,21H,7-8,11H2,1H3. The molecule has 21 heavy (non-hydrogen) atoms. The van der Waals surface area contributed by atoms with Gasteiger partial charge in [0.2, 0.25) is 0 Å². The molecule has 1 aliphatic rings. The SMILES string of the molecule is CNC(Cc1ccc(Cl)c(Cl)c1)C1CCc2ccccc21. The number of fused-ring (bicyclic) bond motifs is 1. The van der Waals surface area contributed by atoms with Gasteiger partial charge in [-0.3, -0.25) is 0 Å². The van der Waals surface area contributed by atoms with Crippen LogP contribution in [0.25, 0.3) is 0 Å². The zero-order chi connectivity index (χ0) is 14.8. The van der Waals surface area contributed by atoms with E-state index in [1.54, 1.807) is 0 Å². The molecule has 0 bridgehead atoms. The van der Waals surface area contributed by atoms with Crippen LogP contribution in [0, 0.1) is 0 Å². The molecule has 0 fully saturated rings. The van der Waals surface area contributed by atoms with E-state index < -0.39 is 0 Å². The molecular formula is C18H19Cl2N. The van der Waals surface area contributed by atoms with Crippen molar-refractivity contribution >= 4 is 23.2 Å². The average Bonchev–Trinajstić information content (AvgIpc) is 2.92. The topological polar surface area (TPSA) is 12.0 Å². The molecule has 1 aliphatic carbocycles. The van der Waals surface area contributed by atoms with Crippen molar-refractivity contribution in [2.75, 3.05) is 7.05 Å². The fraction of sp³-hybridized carbons (Fsp3) is 0.333. The van der Waals surface area contributed by atoms with E-state index in [0.29, 0.717) is 22.0 Å². The second-order valence-electron chi connectivity index (χ2n) is 5.69. The van der Waals surface area contributed by atoms with Crippen LogP contribution in [-0.4, -0.2) is 13.1 Å². The van der Waals surface area contributed by atoms with E-state index in [-0.39, 0.29) is 0 Å². The van der Waals surface area contributed by atoms with Crippen LogP contribution < -0.4 is 5.32 Å². The highest BCUT2D eigenvalue weighted by Gasteiger charge is 2.28. The molecule has 0 saturated carbocycles. The molecule has 0 aliphatic heterocycles. The Morgan fingerprint density at radius 1 is 1.14 bits per heavy atom. The van der Waals surface area contributed by atoms with Gasteiger partial charge in [-0.1, -0.05) is 53.5 Å². The van der Waals surface area contributed by atoms with E-state index in [4.69, 9.17) is 23.2 Å². The van der Waals surface area contributed by atoms with Gasteiger partial charge in [-0.05, 0) is 55.1 Å². The summed E-state index contributed by atoms with van der Waals surface area (Å²) in [5.74, 6) is 0.570. The lowest BCUT2D eigenvalue weighted by molar-refractivity contribution is 0.456. The summed E-state index contributed by atoms with van der Waals surface area (Å²) in [6.45, 7) is 0. The Labute approximate surface area is 136 Å².